The highest BCUT2D eigenvalue weighted by Crippen LogP contribution is 2.34. The molecule has 2 atom stereocenters. The lowest BCUT2D eigenvalue weighted by Crippen LogP contribution is -2.52. The Bertz CT molecular complexity index is 1240. The topological polar surface area (TPSA) is 118 Å². The van der Waals surface area contributed by atoms with Crippen LogP contribution in [0.25, 0.3) is 10.9 Å². The molecule has 2 amide bonds. The number of pyridine rings is 1. The van der Waals surface area contributed by atoms with Crippen molar-refractivity contribution in [3.05, 3.63) is 71.4 Å². The van der Waals surface area contributed by atoms with Gasteiger partial charge in [0.05, 0.1) is 5.52 Å². The van der Waals surface area contributed by atoms with Gasteiger partial charge < -0.3 is 15.4 Å². The zero-order valence-electron chi connectivity index (χ0n) is 21.0. The van der Waals surface area contributed by atoms with E-state index in [2.05, 4.69) is 18.0 Å². The molecule has 0 spiro atoms. The minimum Gasteiger partial charge on any atom is -0.489 e. The average molecular weight is 491 g/mol. The number of nitrogens with zero attached hydrogens (tertiary/aromatic N) is 2. The Balaban J connectivity index is 1.49. The van der Waals surface area contributed by atoms with Crippen molar-refractivity contribution in [3.63, 3.8) is 0 Å². The first-order valence-electron chi connectivity index (χ1n) is 12.4. The molecule has 0 unspecified atom stereocenters. The molecule has 1 aromatic heterocycles. The number of hydrogen-bond acceptors (Lipinski definition) is 6. The van der Waals surface area contributed by atoms with Gasteiger partial charge in [0.15, 0.2) is 0 Å². The summed E-state index contributed by atoms with van der Waals surface area (Å²) >= 11 is 0. The number of para-hydroxylation sites is 1. The summed E-state index contributed by atoms with van der Waals surface area (Å²) in [5.74, 6) is -0.0863. The van der Waals surface area contributed by atoms with E-state index in [4.69, 9.17) is 10.5 Å². The highest BCUT2D eigenvalue weighted by molar-refractivity contribution is 5.94. The molecular formula is C28H34N4O4. The fourth-order valence-electron chi connectivity index (χ4n) is 4.84. The molecule has 4 N–H and O–H groups in total. The van der Waals surface area contributed by atoms with Crippen molar-refractivity contribution in [3.8, 4) is 5.75 Å². The number of benzene rings is 2. The lowest BCUT2D eigenvalue weighted by Gasteiger charge is -2.30. The summed E-state index contributed by atoms with van der Waals surface area (Å²) < 4.78 is 6.08. The Hall–Kier alpha value is -3.49. The first kappa shape index (κ1) is 25.6. The fourth-order valence-corrected chi connectivity index (χ4v) is 4.84. The number of carbonyl (C=O) groups excluding carboxylic acids is 2. The van der Waals surface area contributed by atoms with Crippen LogP contribution in [0.3, 0.4) is 0 Å². The maximum atomic E-state index is 13.4. The van der Waals surface area contributed by atoms with Crippen LogP contribution in [0.1, 0.15) is 50.4 Å². The summed E-state index contributed by atoms with van der Waals surface area (Å²) in [6, 6.07) is 16.6. The van der Waals surface area contributed by atoms with Gasteiger partial charge in [-0.3, -0.25) is 19.8 Å². The van der Waals surface area contributed by atoms with Crippen molar-refractivity contribution in [2.75, 3.05) is 6.54 Å². The van der Waals surface area contributed by atoms with Crippen LogP contribution in [0.4, 0.5) is 0 Å². The summed E-state index contributed by atoms with van der Waals surface area (Å²) in [5.41, 5.74) is 10.8. The van der Waals surface area contributed by atoms with Crippen LogP contribution in [0.15, 0.2) is 54.6 Å². The monoisotopic (exact) mass is 490 g/mol. The van der Waals surface area contributed by atoms with E-state index in [9.17, 15) is 14.8 Å². The molecule has 2 heterocycles. The van der Waals surface area contributed by atoms with Crippen molar-refractivity contribution in [1.82, 2.24) is 15.4 Å². The van der Waals surface area contributed by atoms with Crippen LogP contribution in [-0.4, -0.2) is 39.5 Å². The second-order valence-electron chi connectivity index (χ2n) is 9.80. The standard InChI is InChI=1S/C28H34N4O4/c1-4-21-16-19(23-7-5-6-8-24(23)30-21)17-36-22-11-9-20(10-12-22)28(29)13-14-32(27(28)34)25(15-18(2)3)26(33)31-35/h5-12,16,18,25,35H,4,13-15,17,29H2,1-3H3,(H,31,33)/t25-,28-/m1/s1. The van der Waals surface area contributed by atoms with E-state index in [-0.39, 0.29) is 11.8 Å². The Morgan fingerprint density at radius 2 is 1.94 bits per heavy atom. The first-order chi connectivity index (χ1) is 17.3. The average Bonchev–Trinajstić information content (AvgIpc) is 3.20. The Morgan fingerprint density at radius 3 is 2.61 bits per heavy atom. The molecular weight excluding hydrogens is 456 g/mol. The zero-order chi connectivity index (χ0) is 25.9. The molecule has 0 bridgehead atoms. The van der Waals surface area contributed by atoms with E-state index in [1.165, 1.54) is 4.90 Å². The van der Waals surface area contributed by atoms with E-state index in [0.29, 0.717) is 37.3 Å². The fraction of sp³-hybridized carbons (Fsp3) is 0.393. The third-order valence-corrected chi connectivity index (χ3v) is 6.85. The highest BCUT2D eigenvalue weighted by Gasteiger charge is 2.48. The number of aryl methyl sites for hydroxylation is 1. The van der Waals surface area contributed by atoms with Crippen LogP contribution in [-0.2, 0) is 28.2 Å². The van der Waals surface area contributed by atoms with Gasteiger partial charge in [0.25, 0.3) is 5.91 Å². The van der Waals surface area contributed by atoms with Gasteiger partial charge in [0.1, 0.15) is 23.9 Å². The van der Waals surface area contributed by atoms with E-state index < -0.39 is 17.5 Å². The van der Waals surface area contributed by atoms with Crippen molar-refractivity contribution in [2.24, 2.45) is 11.7 Å². The number of hydroxylamine groups is 1. The van der Waals surface area contributed by atoms with Crippen LogP contribution in [0.5, 0.6) is 5.75 Å². The van der Waals surface area contributed by atoms with E-state index >= 15 is 0 Å². The largest absolute Gasteiger partial charge is 0.489 e. The van der Waals surface area contributed by atoms with E-state index in [1.807, 2.05) is 62.4 Å². The number of carbonyl (C=O) groups is 2. The third kappa shape index (κ3) is 5.05. The highest BCUT2D eigenvalue weighted by atomic mass is 16.5. The molecule has 0 saturated carbocycles. The van der Waals surface area contributed by atoms with Gasteiger partial charge in [-0.05, 0) is 55.0 Å². The number of aromatic nitrogens is 1. The predicted molar refractivity (Wildman–Crippen MR) is 137 cm³/mol. The van der Waals surface area contributed by atoms with Crippen LogP contribution >= 0.6 is 0 Å². The number of hydrogen-bond donors (Lipinski definition) is 3. The van der Waals surface area contributed by atoms with Gasteiger partial charge in [-0.2, -0.15) is 0 Å². The van der Waals surface area contributed by atoms with Gasteiger partial charge in [-0.15, -0.1) is 0 Å². The quantitative estimate of drug-likeness (QED) is 0.311. The minimum absolute atomic E-state index is 0.162. The van der Waals surface area contributed by atoms with Crippen LogP contribution in [0, 0.1) is 5.92 Å². The van der Waals surface area contributed by atoms with Crippen LogP contribution in [0.2, 0.25) is 0 Å². The van der Waals surface area contributed by atoms with Crippen molar-refractivity contribution in [2.45, 2.75) is 58.2 Å². The smallest absolute Gasteiger partial charge is 0.266 e. The molecule has 3 aromatic rings. The number of fused-ring (bicyclic) bond motifs is 1. The summed E-state index contributed by atoms with van der Waals surface area (Å²) in [7, 11) is 0. The normalized spacial score (nSPS) is 18.6. The number of nitrogens with two attached hydrogens (primary N) is 1. The molecule has 0 radical (unpaired) electrons. The maximum absolute atomic E-state index is 13.4. The molecule has 0 aliphatic carbocycles. The Labute approximate surface area is 211 Å². The predicted octanol–water partition coefficient (Wildman–Crippen LogP) is 3.68. The van der Waals surface area contributed by atoms with Crippen molar-refractivity contribution >= 4 is 22.7 Å². The van der Waals surface area contributed by atoms with Gasteiger partial charge in [-0.1, -0.05) is 51.1 Å². The molecule has 190 valence electrons. The molecule has 1 aliphatic rings. The summed E-state index contributed by atoms with van der Waals surface area (Å²) in [4.78, 5) is 31.8. The number of ether oxygens (including phenoxy) is 1. The van der Waals surface area contributed by atoms with Crippen LogP contribution < -0.4 is 16.0 Å². The molecule has 36 heavy (non-hydrogen) atoms. The molecule has 1 fully saturated rings. The lowest BCUT2D eigenvalue weighted by atomic mass is 9.89. The number of rotatable bonds is 9. The van der Waals surface area contributed by atoms with E-state index in [0.717, 1.165) is 28.6 Å². The lowest BCUT2D eigenvalue weighted by molar-refractivity contribution is -0.144. The molecule has 8 heteroatoms. The molecule has 1 saturated heterocycles. The van der Waals surface area contributed by atoms with Crippen molar-refractivity contribution in [1.29, 1.82) is 0 Å². The van der Waals surface area contributed by atoms with Crippen molar-refractivity contribution < 1.29 is 19.5 Å². The maximum Gasteiger partial charge on any atom is 0.266 e. The summed E-state index contributed by atoms with van der Waals surface area (Å²) in [5, 5.41) is 10.2. The first-order valence-corrected chi connectivity index (χ1v) is 12.4. The van der Waals surface area contributed by atoms with Gasteiger partial charge in [-0.25, -0.2) is 5.48 Å². The number of amides is 2. The zero-order valence-corrected chi connectivity index (χ0v) is 21.0. The Morgan fingerprint density at radius 1 is 1.22 bits per heavy atom. The van der Waals surface area contributed by atoms with Gasteiger partial charge in [0.2, 0.25) is 5.91 Å². The third-order valence-electron chi connectivity index (χ3n) is 6.85. The molecule has 4 rings (SSSR count). The van der Waals surface area contributed by atoms with Gasteiger partial charge in [0, 0.05) is 23.2 Å². The second-order valence-corrected chi connectivity index (χ2v) is 9.80. The van der Waals surface area contributed by atoms with E-state index in [1.54, 1.807) is 5.48 Å². The number of likely N-dealkylation sites (tertiary alicyclic amines) is 1. The minimum atomic E-state index is -1.24. The molecule has 8 nitrogen and oxygen atoms in total. The molecule has 1 aliphatic heterocycles. The van der Waals surface area contributed by atoms with Gasteiger partial charge >= 0.3 is 0 Å². The molecule has 2 aromatic carbocycles. The second kappa shape index (κ2) is 10.6. The summed E-state index contributed by atoms with van der Waals surface area (Å²) in [6.07, 6.45) is 1.65. The summed E-state index contributed by atoms with van der Waals surface area (Å²) in [6.45, 7) is 6.74. The number of nitrogens with one attached hydrogen (secondary N) is 1. The SMILES string of the molecule is CCc1cc(COc2ccc([C@]3(N)CCN([C@H](CC(C)C)C(=O)NO)C3=O)cc2)c2ccccc2n1. The Kier molecular flexibility index (Phi) is 7.56.